The van der Waals surface area contributed by atoms with Gasteiger partial charge in [-0.25, -0.2) is 9.78 Å². The number of piperidine rings is 1. The van der Waals surface area contributed by atoms with Crippen LogP contribution in [0.4, 0.5) is 0 Å². The van der Waals surface area contributed by atoms with Crippen molar-refractivity contribution in [2.45, 2.75) is 38.1 Å². The number of carbonyl (C=O) groups excluding carboxylic acids is 1. The SMILES string of the molecule is O=C(CCCn1c(=O)oc2ccccc21)N1CCCC(c2nc3ccccc3s2)C1. The van der Waals surface area contributed by atoms with E-state index in [1.54, 1.807) is 22.0 Å². The van der Waals surface area contributed by atoms with Crippen LogP contribution in [0.1, 0.15) is 36.6 Å². The molecule has 0 spiro atoms. The third-order valence-electron chi connectivity index (χ3n) is 5.78. The molecule has 1 saturated heterocycles. The van der Waals surface area contributed by atoms with Crippen molar-refractivity contribution in [2.24, 2.45) is 0 Å². The van der Waals surface area contributed by atoms with Crippen molar-refractivity contribution < 1.29 is 9.21 Å². The number of aryl methyl sites for hydroxylation is 1. The number of hydrogen-bond donors (Lipinski definition) is 0. The van der Waals surface area contributed by atoms with Crippen LogP contribution >= 0.6 is 11.3 Å². The first-order valence-corrected chi connectivity index (χ1v) is 11.2. The van der Waals surface area contributed by atoms with Gasteiger partial charge in [0.2, 0.25) is 5.91 Å². The Labute approximate surface area is 177 Å². The summed E-state index contributed by atoms with van der Waals surface area (Å²) < 4.78 is 8.08. The predicted octanol–water partition coefficient (Wildman–Crippen LogP) is 4.39. The lowest BCUT2D eigenvalue weighted by molar-refractivity contribution is -0.132. The molecule has 1 aliphatic rings. The minimum atomic E-state index is -0.363. The molecule has 1 fully saturated rings. The summed E-state index contributed by atoms with van der Waals surface area (Å²) in [7, 11) is 0. The zero-order chi connectivity index (χ0) is 20.5. The van der Waals surface area contributed by atoms with Gasteiger partial charge < -0.3 is 9.32 Å². The maximum Gasteiger partial charge on any atom is 0.419 e. The van der Waals surface area contributed by atoms with E-state index in [9.17, 15) is 9.59 Å². The van der Waals surface area contributed by atoms with Crippen LogP contribution in [0.3, 0.4) is 0 Å². The van der Waals surface area contributed by atoms with Crippen molar-refractivity contribution in [1.82, 2.24) is 14.5 Å². The van der Waals surface area contributed by atoms with E-state index in [0.717, 1.165) is 42.0 Å². The molecular weight excluding hydrogens is 398 g/mol. The molecule has 154 valence electrons. The van der Waals surface area contributed by atoms with Crippen LogP contribution < -0.4 is 5.76 Å². The molecule has 4 aromatic rings. The Balaban J connectivity index is 1.21. The molecule has 1 amide bonds. The van der Waals surface area contributed by atoms with E-state index in [0.29, 0.717) is 30.9 Å². The van der Waals surface area contributed by atoms with E-state index in [-0.39, 0.29) is 11.7 Å². The first-order chi connectivity index (χ1) is 14.7. The molecule has 30 heavy (non-hydrogen) atoms. The highest BCUT2D eigenvalue weighted by molar-refractivity contribution is 7.18. The summed E-state index contributed by atoms with van der Waals surface area (Å²) in [5.74, 6) is 0.0970. The molecule has 2 aromatic carbocycles. The molecule has 0 saturated carbocycles. The standard InChI is InChI=1S/C23H23N3O3S/c27-21(12-6-14-26-18-9-2-3-10-19(18)29-23(26)28)25-13-5-7-16(15-25)22-24-17-8-1-4-11-20(17)30-22/h1-4,8-11,16H,5-7,12-15H2. The van der Waals surface area contributed by atoms with Crippen LogP contribution in [-0.4, -0.2) is 33.4 Å². The third-order valence-corrected chi connectivity index (χ3v) is 6.98. The van der Waals surface area contributed by atoms with Crippen molar-refractivity contribution in [3.8, 4) is 0 Å². The number of rotatable bonds is 5. The number of carbonyl (C=O) groups is 1. The van der Waals surface area contributed by atoms with Gasteiger partial charge in [-0.2, -0.15) is 0 Å². The van der Waals surface area contributed by atoms with Crippen molar-refractivity contribution >= 4 is 38.6 Å². The summed E-state index contributed by atoms with van der Waals surface area (Å²) in [5, 5.41) is 1.13. The van der Waals surface area contributed by atoms with Crippen LogP contribution in [0.2, 0.25) is 0 Å². The molecule has 0 bridgehead atoms. The normalized spacial score (nSPS) is 17.1. The summed E-state index contributed by atoms with van der Waals surface area (Å²) in [6.45, 7) is 2.01. The van der Waals surface area contributed by atoms with Crippen LogP contribution in [0.15, 0.2) is 57.7 Å². The molecule has 1 unspecified atom stereocenters. The van der Waals surface area contributed by atoms with Gasteiger partial charge in [0.1, 0.15) is 0 Å². The lowest BCUT2D eigenvalue weighted by Gasteiger charge is -2.32. The number of hydrogen-bond acceptors (Lipinski definition) is 5. The van der Waals surface area contributed by atoms with E-state index in [1.807, 2.05) is 41.3 Å². The number of oxazole rings is 1. The van der Waals surface area contributed by atoms with Gasteiger partial charge in [-0.1, -0.05) is 24.3 Å². The molecular formula is C23H23N3O3S. The number of amides is 1. The van der Waals surface area contributed by atoms with Crippen molar-refractivity contribution in [2.75, 3.05) is 13.1 Å². The highest BCUT2D eigenvalue weighted by Gasteiger charge is 2.26. The van der Waals surface area contributed by atoms with Gasteiger partial charge in [-0.3, -0.25) is 9.36 Å². The van der Waals surface area contributed by atoms with Gasteiger partial charge in [0, 0.05) is 32.0 Å². The van der Waals surface area contributed by atoms with Crippen molar-refractivity contribution in [3.05, 3.63) is 64.1 Å². The first-order valence-electron chi connectivity index (χ1n) is 10.4. The fraction of sp³-hybridized carbons (Fsp3) is 0.348. The Morgan fingerprint density at radius 3 is 2.90 bits per heavy atom. The Morgan fingerprint density at radius 1 is 1.17 bits per heavy atom. The predicted molar refractivity (Wildman–Crippen MR) is 118 cm³/mol. The number of thiazole rings is 1. The highest BCUT2D eigenvalue weighted by Crippen LogP contribution is 2.33. The Kier molecular flexibility index (Phi) is 5.12. The van der Waals surface area contributed by atoms with E-state index in [1.165, 1.54) is 4.70 Å². The smallest absolute Gasteiger partial charge is 0.408 e. The van der Waals surface area contributed by atoms with Crippen LogP contribution in [0.5, 0.6) is 0 Å². The average molecular weight is 422 g/mol. The number of benzene rings is 2. The summed E-state index contributed by atoms with van der Waals surface area (Å²) in [6.07, 6.45) is 3.11. The minimum absolute atomic E-state index is 0.154. The summed E-state index contributed by atoms with van der Waals surface area (Å²) in [6, 6.07) is 15.6. The number of para-hydroxylation sites is 3. The van der Waals surface area contributed by atoms with E-state index >= 15 is 0 Å². The second kappa shape index (κ2) is 8.07. The molecule has 3 heterocycles. The van der Waals surface area contributed by atoms with Gasteiger partial charge in [-0.05, 0) is 43.5 Å². The maximum absolute atomic E-state index is 12.8. The molecule has 6 nitrogen and oxygen atoms in total. The van der Waals surface area contributed by atoms with Crippen LogP contribution in [0.25, 0.3) is 21.3 Å². The monoisotopic (exact) mass is 421 g/mol. The van der Waals surface area contributed by atoms with Gasteiger partial charge in [0.05, 0.1) is 20.7 Å². The Bertz CT molecular complexity index is 1220. The molecule has 2 aromatic heterocycles. The van der Waals surface area contributed by atoms with E-state index in [2.05, 4.69) is 6.07 Å². The molecule has 1 atom stereocenters. The molecule has 0 radical (unpaired) electrons. The van der Waals surface area contributed by atoms with Crippen LogP contribution in [-0.2, 0) is 11.3 Å². The lowest BCUT2D eigenvalue weighted by atomic mass is 9.98. The number of nitrogens with zero attached hydrogens (tertiary/aromatic N) is 3. The van der Waals surface area contributed by atoms with Gasteiger partial charge >= 0.3 is 5.76 Å². The number of fused-ring (bicyclic) bond motifs is 2. The fourth-order valence-electron chi connectivity index (χ4n) is 4.24. The zero-order valence-corrected chi connectivity index (χ0v) is 17.4. The molecule has 1 aliphatic heterocycles. The quantitative estimate of drug-likeness (QED) is 0.479. The molecule has 5 rings (SSSR count). The summed E-state index contributed by atoms with van der Waals surface area (Å²) in [4.78, 5) is 31.7. The molecule has 7 heteroatoms. The average Bonchev–Trinajstić information content (AvgIpc) is 3.35. The second-order valence-electron chi connectivity index (χ2n) is 7.79. The lowest BCUT2D eigenvalue weighted by Crippen LogP contribution is -2.39. The second-order valence-corrected chi connectivity index (χ2v) is 8.85. The van der Waals surface area contributed by atoms with E-state index in [4.69, 9.17) is 9.40 Å². The molecule has 0 aliphatic carbocycles. The van der Waals surface area contributed by atoms with E-state index < -0.39 is 0 Å². The summed E-state index contributed by atoms with van der Waals surface area (Å²) in [5.41, 5.74) is 2.41. The van der Waals surface area contributed by atoms with Crippen molar-refractivity contribution in [1.29, 1.82) is 0 Å². The molecule has 0 N–H and O–H groups in total. The first kappa shape index (κ1) is 19.1. The number of likely N-dealkylation sites (tertiary alicyclic amines) is 1. The maximum atomic E-state index is 12.8. The largest absolute Gasteiger partial charge is 0.419 e. The third kappa shape index (κ3) is 3.65. The number of aromatic nitrogens is 2. The van der Waals surface area contributed by atoms with Gasteiger partial charge in [0.25, 0.3) is 0 Å². The van der Waals surface area contributed by atoms with Gasteiger partial charge in [0.15, 0.2) is 5.58 Å². The fourth-order valence-corrected chi connectivity index (χ4v) is 5.34. The zero-order valence-electron chi connectivity index (χ0n) is 16.6. The summed E-state index contributed by atoms with van der Waals surface area (Å²) >= 11 is 1.74. The topological polar surface area (TPSA) is 68.3 Å². The minimum Gasteiger partial charge on any atom is -0.408 e. The van der Waals surface area contributed by atoms with Gasteiger partial charge in [-0.15, -0.1) is 11.3 Å². The van der Waals surface area contributed by atoms with Crippen molar-refractivity contribution in [3.63, 3.8) is 0 Å². The Morgan fingerprint density at radius 2 is 2.00 bits per heavy atom. The van der Waals surface area contributed by atoms with Crippen LogP contribution in [0, 0.1) is 0 Å². The highest BCUT2D eigenvalue weighted by atomic mass is 32.1. The Hall–Kier alpha value is -2.93.